The molecule has 0 unspecified atom stereocenters. The van der Waals surface area contributed by atoms with Crippen molar-refractivity contribution in [2.24, 2.45) is 0 Å². The minimum atomic E-state index is -1.31. The van der Waals surface area contributed by atoms with Crippen LogP contribution in [-0.2, 0) is 0 Å². The Labute approximate surface area is 110 Å². The summed E-state index contributed by atoms with van der Waals surface area (Å²) in [6.07, 6.45) is 1.54. The van der Waals surface area contributed by atoms with Crippen LogP contribution < -0.4 is 5.43 Å². The van der Waals surface area contributed by atoms with Crippen LogP contribution in [-0.4, -0.2) is 20.9 Å². The normalized spacial score (nSPS) is 10.5. The second-order valence-corrected chi connectivity index (χ2v) is 4.59. The molecule has 2 aromatic rings. The first-order chi connectivity index (χ1) is 8.88. The van der Waals surface area contributed by atoms with Gasteiger partial charge in [0.25, 0.3) is 0 Å². The van der Waals surface area contributed by atoms with Gasteiger partial charge in [-0.3, -0.25) is 4.79 Å². The fraction of sp³-hybridized carbons (Fsp3) is 0.214. The van der Waals surface area contributed by atoms with Crippen molar-refractivity contribution < 1.29 is 9.90 Å². The number of aromatic carboxylic acids is 1. The van der Waals surface area contributed by atoms with Crippen molar-refractivity contribution in [2.45, 2.75) is 20.8 Å². The lowest BCUT2D eigenvalue weighted by Crippen LogP contribution is -2.23. The number of hydrogen-bond acceptors (Lipinski definition) is 3. The van der Waals surface area contributed by atoms with Crippen molar-refractivity contribution in [2.75, 3.05) is 0 Å². The Morgan fingerprint density at radius 1 is 1.16 bits per heavy atom. The van der Waals surface area contributed by atoms with Crippen LogP contribution in [0.1, 0.15) is 27.2 Å². The summed E-state index contributed by atoms with van der Waals surface area (Å²) in [5.74, 6) is -1.31. The highest BCUT2D eigenvalue weighted by Crippen LogP contribution is 2.12. The average molecular weight is 258 g/mol. The minimum Gasteiger partial charge on any atom is -0.476 e. The molecule has 0 aliphatic heterocycles. The molecular weight excluding hydrogens is 244 g/mol. The Bertz CT molecular complexity index is 697. The molecule has 0 amide bonds. The molecule has 0 aliphatic rings. The molecule has 0 fully saturated rings. The molecule has 0 atom stereocenters. The van der Waals surface area contributed by atoms with Gasteiger partial charge in [0, 0.05) is 11.8 Å². The quantitative estimate of drug-likeness (QED) is 0.892. The molecule has 1 aromatic heterocycles. The number of nitrogens with zero attached hydrogens (tertiary/aromatic N) is 2. The average Bonchev–Trinajstić information content (AvgIpc) is 2.30. The Morgan fingerprint density at radius 2 is 1.74 bits per heavy atom. The Hall–Kier alpha value is -2.43. The molecule has 0 saturated heterocycles. The van der Waals surface area contributed by atoms with Crippen LogP contribution in [0.25, 0.3) is 5.69 Å². The Morgan fingerprint density at radius 3 is 2.26 bits per heavy atom. The fourth-order valence-electron chi connectivity index (χ4n) is 1.97. The summed E-state index contributed by atoms with van der Waals surface area (Å²) in [6.45, 7) is 5.48. The number of aromatic nitrogens is 2. The molecule has 0 aliphatic carbocycles. The van der Waals surface area contributed by atoms with E-state index in [2.05, 4.69) is 5.10 Å². The standard InChI is InChI=1S/C14H14N2O3/c1-8-4-9(2)6-11(5-8)16-7-10(3)13(17)12(15-16)14(18)19/h4-7H,1-3H3,(H,18,19). The van der Waals surface area contributed by atoms with Crippen LogP contribution in [0.4, 0.5) is 0 Å². The van der Waals surface area contributed by atoms with Crippen LogP contribution in [0, 0.1) is 20.8 Å². The van der Waals surface area contributed by atoms with Crippen molar-refractivity contribution in [1.29, 1.82) is 0 Å². The highest BCUT2D eigenvalue weighted by atomic mass is 16.4. The van der Waals surface area contributed by atoms with Gasteiger partial charge >= 0.3 is 5.97 Å². The molecule has 0 spiro atoms. The molecule has 5 heteroatoms. The van der Waals surface area contributed by atoms with Crippen molar-refractivity contribution in [1.82, 2.24) is 9.78 Å². The summed E-state index contributed by atoms with van der Waals surface area (Å²) in [5, 5.41) is 12.9. The van der Waals surface area contributed by atoms with Gasteiger partial charge in [-0.05, 0) is 44.0 Å². The lowest BCUT2D eigenvalue weighted by atomic mass is 10.1. The number of rotatable bonds is 2. The first kappa shape index (κ1) is 13.0. The van der Waals surface area contributed by atoms with Gasteiger partial charge in [-0.1, -0.05) is 6.07 Å². The number of carboxylic acid groups (broad SMARTS) is 1. The third-order valence-electron chi connectivity index (χ3n) is 2.77. The van der Waals surface area contributed by atoms with Gasteiger partial charge in [0.15, 0.2) is 0 Å². The fourth-order valence-corrected chi connectivity index (χ4v) is 1.97. The highest BCUT2D eigenvalue weighted by molar-refractivity contribution is 5.85. The molecular formula is C14H14N2O3. The van der Waals surface area contributed by atoms with Gasteiger partial charge in [-0.25, -0.2) is 9.48 Å². The maximum absolute atomic E-state index is 11.7. The zero-order valence-electron chi connectivity index (χ0n) is 11.0. The lowest BCUT2D eigenvalue weighted by Gasteiger charge is -2.09. The zero-order valence-corrected chi connectivity index (χ0v) is 11.0. The summed E-state index contributed by atoms with van der Waals surface area (Å²) in [7, 11) is 0. The van der Waals surface area contributed by atoms with Crippen molar-refractivity contribution in [3.63, 3.8) is 0 Å². The lowest BCUT2D eigenvalue weighted by molar-refractivity contribution is 0.0686. The molecule has 1 N–H and O–H groups in total. The summed E-state index contributed by atoms with van der Waals surface area (Å²) < 4.78 is 1.43. The maximum atomic E-state index is 11.7. The second kappa shape index (κ2) is 4.68. The van der Waals surface area contributed by atoms with Crippen LogP contribution in [0.15, 0.2) is 29.2 Å². The maximum Gasteiger partial charge on any atom is 0.360 e. The van der Waals surface area contributed by atoms with Gasteiger partial charge in [0.2, 0.25) is 11.1 Å². The molecule has 1 aromatic carbocycles. The second-order valence-electron chi connectivity index (χ2n) is 4.59. The van der Waals surface area contributed by atoms with Gasteiger partial charge in [-0.2, -0.15) is 5.10 Å². The molecule has 19 heavy (non-hydrogen) atoms. The summed E-state index contributed by atoms with van der Waals surface area (Å²) in [5.41, 5.74) is 2.18. The first-order valence-corrected chi connectivity index (χ1v) is 5.81. The molecule has 0 radical (unpaired) electrons. The predicted molar refractivity (Wildman–Crippen MR) is 71.0 cm³/mol. The molecule has 1 heterocycles. The minimum absolute atomic E-state index is 0.353. The van der Waals surface area contributed by atoms with Crippen LogP contribution in [0.3, 0.4) is 0 Å². The number of hydrogen-bond donors (Lipinski definition) is 1. The molecule has 98 valence electrons. The van der Waals surface area contributed by atoms with E-state index in [9.17, 15) is 9.59 Å². The topological polar surface area (TPSA) is 72.2 Å². The van der Waals surface area contributed by atoms with Crippen LogP contribution >= 0.6 is 0 Å². The monoisotopic (exact) mass is 258 g/mol. The van der Waals surface area contributed by atoms with E-state index in [1.54, 1.807) is 13.1 Å². The van der Waals surface area contributed by atoms with Gasteiger partial charge in [0.05, 0.1) is 5.69 Å². The Kier molecular flexibility index (Phi) is 3.21. The molecule has 5 nitrogen and oxygen atoms in total. The summed E-state index contributed by atoms with van der Waals surface area (Å²) in [6, 6.07) is 5.78. The summed E-state index contributed by atoms with van der Waals surface area (Å²) >= 11 is 0. The van der Waals surface area contributed by atoms with Crippen LogP contribution in [0.5, 0.6) is 0 Å². The molecule has 2 rings (SSSR count). The third kappa shape index (κ3) is 2.54. The van der Waals surface area contributed by atoms with E-state index in [-0.39, 0.29) is 0 Å². The van der Waals surface area contributed by atoms with Gasteiger partial charge < -0.3 is 5.11 Å². The van der Waals surface area contributed by atoms with Crippen molar-refractivity contribution in [3.8, 4) is 5.69 Å². The number of carbonyl (C=O) groups is 1. The number of carboxylic acids is 1. The van der Waals surface area contributed by atoms with Crippen LogP contribution in [0.2, 0.25) is 0 Å². The van der Waals surface area contributed by atoms with E-state index in [0.29, 0.717) is 5.56 Å². The number of benzene rings is 1. The van der Waals surface area contributed by atoms with Crippen molar-refractivity contribution >= 4 is 5.97 Å². The molecule has 0 saturated carbocycles. The van der Waals surface area contributed by atoms with E-state index in [1.165, 1.54) is 4.68 Å². The van der Waals surface area contributed by atoms with E-state index in [4.69, 9.17) is 5.11 Å². The van der Waals surface area contributed by atoms with E-state index >= 15 is 0 Å². The van der Waals surface area contributed by atoms with Crippen molar-refractivity contribution in [3.05, 3.63) is 57.0 Å². The largest absolute Gasteiger partial charge is 0.476 e. The Balaban J connectivity index is 2.69. The summed E-state index contributed by atoms with van der Waals surface area (Å²) in [4.78, 5) is 22.7. The first-order valence-electron chi connectivity index (χ1n) is 5.81. The van der Waals surface area contributed by atoms with E-state index in [1.807, 2.05) is 32.0 Å². The van der Waals surface area contributed by atoms with Gasteiger partial charge in [0.1, 0.15) is 0 Å². The molecule has 0 bridgehead atoms. The smallest absolute Gasteiger partial charge is 0.360 e. The highest BCUT2D eigenvalue weighted by Gasteiger charge is 2.14. The SMILES string of the molecule is Cc1cc(C)cc(-n2cc(C)c(=O)c(C(=O)O)n2)c1. The number of aryl methyl sites for hydroxylation is 3. The predicted octanol–water partition coefficient (Wildman–Crippen LogP) is 1.86. The van der Waals surface area contributed by atoms with E-state index < -0.39 is 17.1 Å². The zero-order chi connectivity index (χ0) is 14.2. The third-order valence-corrected chi connectivity index (χ3v) is 2.77. The van der Waals surface area contributed by atoms with Gasteiger partial charge in [-0.15, -0.1) is 0 Å². The van der Waals surface area contributed by atoms with E-state index in [0.717, 1.165) is 16.8 Å².